The molecule has 0 saturated heterocycles. The summed E-state index contributed by atoms with van der Waals surface area (Å²) in [6, 6.07) is 15.4. The summed E-state index contributed by atoms with van der Waals surface area (Å²) in [6.07, 6.45) is 2.35. The average molecular weight is 308 g/mol. The smallest absolute Gasteiger partial charge is 0.321 e. The summed E-state index contributed by atoms with van der Waals surface area (Å²) < 4.78 is 0. The van der Waals surface area contributed by atoms with E-state index in [2.05, 4.69) is 10.3 Å². The third-order valence-corrected chi connectivity index (χ3v) is 4.07. The zero-order valence-corrected chi connectivity index (χ0v) is 13.0. The summed E-state index contributed by atoms with van der Waals surface area (Å²) in [4.78, 5) is 14.8. The molecule has 0 bridgehead atoms. The lowest BCUT2D eigenvalue weighted by atomic mass is 10.0. The number of aliphatic carboxylic acids is 1. The average Bonchev–Trinajstić information content (AvgIpc) is 2.96. The molecule has 0 amide bonds. The molecule has 1 heterocycles. The Kier molecular flexibility index (Phi) is 4.44. The monoisotopic (exact) mass is 308 g/mol. The maximum Gasteiger partial charge on any atom is 0.321 e. The van der Waals surface area contributed by atoms with Crippen LogP contribution in [0.3, 0.4) is 0 Å². The van der Waals surface area contributed by atoms with Crippen molar-refractivity contribution in [2.75, 3.05) is 0 Å². The molecule has 1 atom stereocenters. The Morgan fingerprint density at radius 3 is 2.65 bits per heavy atom. The third-order valence-electron chi connectivity index (χ3n) is 4.07. The molecule has 0 saturated carbocycles. The SMILES string of the molecule is Cc1ccc(CN[C@H](Cc2c[nH]c3ccccc23)C(=O)O)cc1. The van der Waals surface area contributed by atoms with Crippen molar-refractivity contribution in [1.29, 1.82) is 0 Å². The number of benzene rings is 2. The van der Waals surface area contributed by atoms with Crippen LogP contribution in [0, 0.1) is 6.92 Å². The number of H-pyrrole nitrogens is 1. The molecule has 0 aliphatic carbocycles. The summed E-state index contributed by atoms with van der Waals surface area (Å²) in [6.45, 7) is 2.58. The largest absolute Gasteiger partial charge is 0.480 e. The van der Waals surface area contributed by atoms with Gasteiger partial charge in [-0.3, -0.25) is 4.79 Å². The number of hydrogen-bond donors (Lipinski definition) is 3. The highest BCUT2D eigenvalue weighted by Gasteiger charge is 2.19. The molecule has 3 aromatic rings. The first kappa shape index (κ1) is 15.3. The third kappa shape index (κ3) is 3.60. The van der Waals surface area contributed by atoms with Crippen molar-refractivity contribution < 1.29 is 9.90 Å². The molecule has 0 spiro atoms. The fraction of sp³-hybridized carbons (Fsp3) is 0.211. The minimum atomic E-state index is -0.831. The Morgan fingerprint density at radius 2 is 1.91 bits per heavy atom. The fourth-order valence-corrected chi connectivity index (χ4v) is 2.71. The molecule has 0 fully saturated rings. The molecule has 3 rings (SSSR count). The number of carboxylic acids is 1. The van der Waals surface area contributed by atoms with Crippen LogP contribution in [0.2, 0.25) is 0 Å². The number of carbonyl (C=O) groups is 1. The lowest BCUT2D eigenvalue weighted by molar-refractivity contribution is -0.139. The van der Waals surface area contributed by atoms with E-state index in [4.69, 9.17) is 0 Å². The van der Waals surface area contributed by atoms with Gasteiger partial charge in [0.05, 0.1) is 0 Å². The van der Waals surface area contributed by atoms with Gasteiger partial charge in [-0.1, -0.05) is 48.0 Å². The van der Waals surface area contributed by atoms with Gasteiger partial charge in [-0.05, 0) is 24.1 Å². The Hall–Kier alpha value is -2.59. The molecular formula is C19H20N2O2. The highest BCUT2D eigenvalue weighted by molar-refractivity contribution is 5.84. The number of aromatic amines is 1. The van der Waals surface area contributed by atoms with E-state index in [1.807, 2.05) is 61.7 Å². The molecule has 0 radical (unpaired) electrons. The zero-order valence-electron chi connectivity index (χ0n) is 13.0. The molecule has 4 nitrogen and oxygen atoms in total. The van der Waals surface area contributed by atoms with Gasteiger partial charge in [0.25, 0.3) is 0 Å². The maximum atomic E-state index is 11.6. The van der Waals surface area contributed by atoms with Crippen LogP contribution in [-0.2, 0) is 17.8 Å². The number of aryl methyl sites for hydroxylation is 1. The van der Waals surface area contributed by atoms with Crippen molar-refractivity contribution in [3.63, 3.8) is 0 Å². The van der Waals surface area contributed by atoms with Crippen LogP contribution in [0.15, 0.2) is 54.7 Å². The molecular weight excluding hydrogens is 288 g/mol. The van der Waals surface area contributed by atoms with Gasteiger partial charge >= 0.3 is 5.97 Å². The van der Waals surface area contributed by atoms with Crippen molar-refractivity contribution in [2.24, 2.45) is 0 Å². The van der Waals surface area contributed by atoms with Crippen molar-refractivity contribution >= 4 is 16.9 Å². The second-order valence-corrected chi connectivity index (χ2v) is 5.82. The highest BCUT2D eigenvalue weighted by atomic mass is 16.4. The van der Waals surface area contributed by atoms with Gasteiger partial charge in [0.15, 0.2) is 0 Å². The molecule has 1 aromatic heterocycles. The minimum absolute atomic E-state index is 0.450. The Morgan fingerprint density at radius 1 is 1.17 bits per heavy atom. The van der Waals surface area contributed by atoms with Crippen molar-refractivity contribution in [3.05, 3.63) is 71.4 Å². The second-order valence-electron chi connectivity index (χ2n) is 5.82. The standard InChI is InChI=1S/C19H20N2O2/c1-13-6-8-14(9-7-13)11-20-18(19(22)23)10-15-12-21-17-5-3-2-4-16(15)17/h2-9,12,18,20-21H,10-11H2,1H3,(H,22,23)/t18-/m1/s1. The van der Waals surface area contributed by atoms with Gasteiger partial charge in [0.1, 0.15) is 6.04 Å². The van der Waals surface area contributed by atoms with Gasteiger partial charge in [-0.2, -0.15) is 0 Å². The Bertz CT molecular complexity index is 806. The van der Waals surface area contributed by atoms with Gasteiger partial charge in [0, 0.05) is 30.1 Å². The predicted molar refractivity (Wildman–Crippen MR) is 91.4 cm³/mol. The quantitative estimate of drug-likeness (QED) is 0.655. The van der Waals surface area contributed by atoms with E-state index in [0.717, 1.165) is 22.0 Å². The van der Waals surface area contributed by atoms with Crippen molar-refractivity contribution in [3.8, 4) is 0 Å². The van der Waals surface area contributed by atoms with E-state index in [9.17, 15) is 9.90 Å². The lowest BCUT2D eigenvalue weighted by Gasteiger charge is -2.14. The first-order chi connectivity index (χ1) is 11.1. The Labute approximate surface area is 135 Å². The van der Waals surface area contributed by atoms with Crippen LogP contribution in [-0.4, -0.2) is 22.1 Å². The van der Waals surface area contributed by atoms with Crippen molar-refractivity contribution in [1.82, 2.24) is 10.3 Å². The van der Waals surface area contributed by atoms with Crippen LogP contribution < -0.4 is 5.32 Å². The number of rotatable bonds is 6. The predicted octanol–water partition coefficient (Wildman–Crippen LogP) is 3.26. The molecule has 118 valence electrons. The van der Waals surface area contributed by atoms with Gasteiger partial charge in [-0.15, -0.1) is 0 Å². The number of aromatic nitrogens is 1. The van der Waals surface area contributed by atoms with E-state index < -0.39 is 12.0 Å². The maximum absolute atomic E-state index is 11.6. The molecule has 0 aliphatic heterocycles. The topological polar surface area (TPSA) is 65.1 Å². The Balaban J connectivity index is 1.71. The van der Waals surface area contributed by atoms with Crippen LogP contribution in [0.4, 0.5) is 0 Å². The van der Waals surface area contributed by atoms with Crippen LogP contribution >= 0.6 is 0 Å². The van der Waals surface area contributed by atoms with Crippen molar-refractivity contribution in [2.45, 2.75) is 25.9 Å². The van der Waals surface area contributed by atoms with Gasteiger partial charge in [0.2, 0.25) is 0 Å². The first-order valence-electron chi connectivity index (χ1n) is 7.70. The molecule has 0 unspecified atom stereocenters. The number of hydrogen-bond acceptors (Lipinski definition) is 2. The van der Waals surface area contributed by atoms with E-state index in [0.29, 0.717) is 13.0 Å². The molecule has 0 aliphatic rings. The number of carboxylic acid groups (broad SMARTS) is 1. The minimum Gasteiger partial charge on any atom is -0.480 e. The first-order valence-corrected chi connectivity index (χ1v) is 7.70. The van der Waals surface area contributed by atoms with E-state index in [1.165, 1.54) is 5.56 Å². The van der Waals surface area contributed by atoms with Crippen LogP contribution in [0.25, 0.3) is 10.9 Å². The fourth-order valence-electron chi connectivity index (χ4n) is 2.71. The lowest BCUT2D eigenvalue weighted by Crippen LogP contribution is -2.38. The normalized spacial score (nSPS) is 12.4. The second kappa shape index (κ2) is 6.67. The summed E-state index contributed by atoms with van der Waals surface area (Å²) in [7, 11) is 0. The van der Waals surface area contributed by atoms with E-state index >= 15 is 0 Å². The van der Waals surface area contributed by atoms with Crippen LogP contribution in [0.1, 0.15) is 16.7 Å². The molecule has 2 aromatic carbocycles. The summed E-state index contributed by atoms with van der Waals surface area (Å²) in [5, 5.41) is 13.7. The number of para-hydroxylation sites is 1. The van der Waals surface area contributed by atoms with Gasteiger partial charge in [-0.25, -0.2) is 0 Å². The molecule has 23 heavy (non-hydrogen) atoms. The molecule has 3 N–H and O–H groups in total. The highest BCUT2D eigenvalue weighted by Crippen LogP contribution is 2.19. The number of nitrogens with one attached hydrogen (secondary N) is 2. The van der Waals surface area contributed by atoms with E-state index in [-0.39, 0.29) is 0 Å². The summed E-state index contributed by atoms with van der Waals surface area (Å²) >= 11 is 0. The summed E-state index contributed by atoms with van der Waals surface area (Å²) in [5.41, 5.74) is 4.33. The van der Waals surface area contributed by atoms with E-state index in [1.54, 1.807) is 0 Å². The summed E-state index contributed by atoms with van der Waals surface area (Å²) in [5.74, 6) is -0.831. The zero-order chi connectivity index (χ0) is 16.2. The number of fused-ring (bicyclic) bond motifs is 1. The van der Waals surface area contributed by atoms with Crippen LogP contribution in [0.5, 0.6) is 0 Å². The molecule has 4 heteroatoms. The van der Waals surface area contributed by atoms with Gasteiger partial charge < -0.3 is 15.4 Å².